The van der Waals surface area contributed by atoms with Crippen molar-refractivity contribution in [2.24, 2.45) is 0 Å². The number of hydrogen-bond donors (Lipinski definition) is 1. The molecule has 1 N–H and O–H groups in total. The molecule has 0 unspecified atom stereocenters. The van der Waals surface area contributed by atoms with E-state index in [0.717, 1.165) is 10.2 Å². The molecule has 0 amide bonds. The minimum Gasteiger partial charge on any atom is -0.321 e. The predicted molar refractivity (Wildman–Crippen MR) is 51.4 cm³/mol. The zero-order valence-corrected chi connectivity index (χ0v) is 8.66. The summed E-state index contributed by atoms with van der Waals surface area (Å²) in [5, 5.41) is 0. The molecule has 0 saturated carbocycles. The number of aryl methyl sites for hydroxylation is 1. The Balaban J connectivity index is 3.17. The van der Waals surface area contributed by atoms with E-state index in [0.29, 0.717) is 0 Å². The molecule has 1 aromatic carbocycles. The van der Waals surface area contributed by atoms with Crippen molar-refractivity contribution in [3.63, 3.8) is 0 Å². The van der Waals surface area contributed by atoms with Gasteiger partial charge < -0.3 is 4.34 Å². The molecule has 0 spiro atoms. The number of halogens is 2. The summed E-state index contributed by atoms with van der Waals surface area (Å²) in [7, 11) is 0. The van der Waals surface area contributed by atoms with Crippen LogP contribution in [0.15, 0.2) is 22.7 Å². The summed E-state index contributed by atoms with van der Waals surface area (Å²) in [5.41, 5.74) is 2.30. The standard InChI is InChI=1S/C7H7Br2N/c1-5-3-2-4-6(8)7(5)10-9/h2-4,10H,1H3. The molecule has 1 aromatic rings. The maximum absolute atomic E-state index is 3.41. The Kier molecular flexibility index (Phi) is 2.74. The van der Waals surface area contributed by atoms with Gasteiger partial charge in [0.15, 0.2) is 0 Å². The molecule has 0 saturated heterocycles. The lowest BCUT2D eigenvalue weighted by atomic mass is 10.2. The van der Waals surface area contributed by atoms with E-state index in [-0.39, 0.29) is 0 Å². The van der Waals surface area contributed by atoms with E-state index in [1.54, 1.807) is 0 Å². The summed E-state index contributed by atoms with van der Waals surface area (Å²) in [4.78, 5) is 0. The molecule has 0 aromatic heterocycles. The first-order valence-corrected chi connectivity index (χ1v) is 4.46. The fourth-order valence-electron chi connectivity index (χ4n) is 0.752. The highest BCUT2D eigenvalue weighted by molar-refractivity contribution is 9.11. The van der Waals surface area contributed by atoms with Gasteiger partial charge in [0, 0.05) is 20.6 Å². The van der Waals surface area contributed by atoms with Crippen LogP contribution in [0.3, 0.4) is 0 Å². The Morgan fingerprint density at radius 3 is 2.50 bits per heavy atom. The Bertz CT molecular complexity index is 215. The van der Waals surface area contributed by atoms with Crippen LogP contribution in [0.25, 0.3) is 0 Å². The second-order valence-electron chi connectivity index (χ2n) is 2.03. The largest absolute Gasteiger partial charge is 0.321 e. The lowest BCUT2D eigenvalue weighted by molar-refractivity contribution is 1.45. The van der Waals surface area contributed by atoms with Crippen LogP contribution in [0.1, 0.15) is 5.56 Å². The Morgan fingerprint density at radius 1 is 1.40 bits per heavy atom. The van der Waals surface area contributed by atoms with E-state index in [2.05, 4.69) is 36.4 Å². The van der Waals surface area contributed by atoms with Gasteiger partial charge in [-0.25, -0.2) is 0 Å². The lowest BCUT2D eigenvalue weighted by Gasteiger charge is -2.04. The monoisotopic (exact) mass is 263 g/mol. The zero-order chi connectivity index (χ0) is 7.56. The van der Waals surface area contributed by atoms with Crippen LogP contribution in [0, 0.1) is 6.92 Å². The summed E-state index contributed by atoms with van der Waals surface area (Å²) in [6.07, 6.45) is 0. The van der Waals surface area contributed by atoms with E-state index >= 15 is 0 Å². The maximum Gasteiger partial charge on any atom is 0.0613 e. The van der Waals surface area contributed by atoms with Gasteiger partial charge >= 0.3 is 0 Å². The molecule has 1 rings (SSSR count). The van der Waals surface area contributed by atoms with Gasteiger partial charge in [-0.15, -0.1) is 0 Å². The third-order valence-corrected chi connectivity index (χ3v) is 2.37. The van der Waals surface area contributed by atoms with Crippen LogP contribution in [0.5, 0.6) is 0 Å². The van der Waals surface area contributed by atoms with Crippen molar-refractivity contribution in [3.8, 4) is 0 Å². The van der Waals surface area contributed by atoms with Crippen LogP contribution in [0.2, 0.25) is 0 Å². The lowest BCUT2D eigenvalue weighted by Crippen LogP contribution is -1.84. The minimum absolute atomic E-state index is 1.07. The van der Waals surface area contributed by atoms with Crippen LogP contribution in [-0.4, -0.2) is 0 Å². The van der Waals surface area contributed by atoms with Gasteiger partial charge in [-0.3, -0.25) is 0 Å². The van der Waals surface area contributed by atoms with Crippen LogP contribution in [-0.2, 0) is 0 Å². The smallest absolute Gasteiger partial charge is 0.0613 e. The third-order valence-electron chi connectivity index (χ3n) is 1.32. The van der Waals surface area contributed by atoms with Crippen LogP contribution >= 0.6 is 32.1 Å². The highest BCUT2D eigenvalue weighted by atomic mass is 79.9. The maximum atomic E-state index is 3.41. The molecule has 0 atom stereocenters. The highest BCUT2D eigenvalue weighted by Crippen LogP contribution is 2.26. The minimum atomic E-state index is 1.07. The number of nitrogens with one attached hydrogen (secondary N) is 1. The van der Waals surface area contributed by atoms with Crippen LogP contribution in [0.4, 0.5) is 5.69 Å². The van der Waals surface area contributed by atoms with E-state index in [1.165, 1.54) is 5.56 Å². The fraction of sp³-hybridized carbons (Fsp3) is 0.143. The number of anilines is 1. The van der Waals surface area contributed by atoms with E-state index in [9.17, 15) is 0 Å². The summed E-state index contributed by atoms with van der Waals surface area (Å²) in [6.45, 7) is 2.05. The third kappa shape index (κ3) is 1.52. The molecule has 10 heavy (non-hydrogen) atoms. The van der Waals surface area contributed by atoms with Gasteiger partial charge in [-0.05, 0) is 34.5 Å². The molecular formula is C7H7Br2N. The average molecular weight is 265 g/mol. The molecule has 1 nitrogen and oxygen atoms in total. The second kappa shape index (κ2) is 3.39. The SMILES string of the molecule is Cc1cccc(Br)c1NBr. The number of hydrogen-bond acceptors (Lipinski definition) is 1. The van der Waals surface area contributed by atoms with Crippen molar-refractivity contribution in [2.75, 3.05) is 4.34 Å². The van der Waals surface area contributed by atoms with Gasteiger partial charge in [0.25, 0.3) is 0 Å². The Labute approximate surface area is 77.3 Å². The van der Waals surface area contributed by atoms with Crippen molar-refractivity contribution in [1.29, 1.82) is 0 Å². The topological polar surface area (TPSA) is 12.0 Å². The molecule has 3 heteroatoms. The fourth-order valence-corrected chi connectivity index (χ4v) is 2.11. The van der Waals surface area contributed by atoms with Gasteiger partial charge in [0.05, 0.1) is 5.69 Å². The quantitative estimate of drug-likeness (QED) is 0.766. The summed E-state index contributed by atoms with van der Waals surface area (Å²) >= 11 is 6.59. The van der Waals surface area contributed by atoms with Crippen molar-refractivity contribution < 1.29 is 0 Å². The van der Waals surface area contributed by atoms with Gasteiger partial charge in [0.1, 0.15) is 0 Å². The second-order valence-corrected chi connectivity index (χ2v) is 3.28. The summed E-state index contributed by atoms with van der Waals surface area (Å²) < 4.78 is 4.00. The number of para-hydroxylation sites is 1. The summed E-state index contributed by atoms with van der Waals surface area (Å²) in [6, 6.07) is 6.05. The average Bonchev–Trinajstić information content (AvgIpc) is 1.88. The molecule has 0 radical (unpaired) electrons. The highest BCUT2D eigenvalue weighted by Gasteiger charge is 1.98. The molecule has 0 aliphatic carbocycles. The van der Waals surface area contributed by atoms with Gasteiger partial charge in [-0.2, -0.15) is 0 Å². The Hall–Kier alpha value is -0.0200. The summed E-state index contributed by atoms with van der Waals surface area (Å²) in [5.74, 6) is 0. The number of benzene rings is 1. The first-order chi connectivity index (χ1) is 4.75. The van der Waals surface area contributed by atoms with Crippen molar-refractivity contribution in [2.45, 2.75) is 6.92 Å². The Morgan fingerprint density at radius 2 is 2.10 bits per heavy atom. The first kappa shape index (κ1) is 8.08. The molecule has 0 bridgehead atoms. The molecule has 0 heterocycles. The normalized spacial score (nSPS) is 9.50. The number of rotatable bonds is 1. The van der Waals surface area contributed by atoms with E-state index < -0.39 is 0 Å². The van der Waals surface area contributed by atoms with Crippen molar-refractivity contribution >= 4 is 37.8 Å². The molecule has 54 valence electrons. The van der Waals surface area contributed by atoms with E-state index in [1.807, 2.05) is 25.1 Å². The van der Waals surface area contributed by atoms with Crippen molar-refractivity contribution in [1.82, 2.24) is 0 Å². The molecule has 0 aliphatic rings. The van der Waals surface area contributed by atoms with Crippen molar-refractivity contribution in [3.05, 3.63) is 28.2 Å². The predicted octanol–water partition coefficient (Wildman–Crippen LogP) is 3.48. The molecule has 0 aliphatic heterocycles. The zero-order valence-electron chi connectivity index (χ0n) is 5.49. The molecule has 0 fully saturated rings. The van der Waals surface area contributed by atoms with Gasteiger partial charge in [-0.1, -0.05) is 12.1 Å². The first-order valence-electron chi connectivity index (χ1n) is 2.87. The van der Waals surface area contributed by atoms with E-state index in [4.69, 9.17) is 0 Å². The molecular weight excluding hydrogens is 258 g/mol. The van der Waals surface area contributed by atoms with Crippen LogP contribution < -0.4 is 4.34 Å². The van der Waals surface area contributed by atoms with Gasteiger partial charge in [0.2, 0.25) is 0 Å².